The van der Waals surface area contributed by atoms with Gasteiger partial charge in [0, 0.05) is 22.9 Å². The van der Waals surface area contributed by atoms with Crippen molar-refractivity contribution in [2.45, 2.75) is 20.3 Å². The highest BCUT2D eigenvalue weighted by Crippen LogP contribution is 2.32. The molecule has 0 aliphatic heterocycles. The number of H-pyrrole nitrogens is 2. The van der Waals surface area contributed by atoms with Crippen molar-refractivity contribution >= 4 is 10.9 Å². The lowest BCUT2D eigenvalue weighted by Crippen LogP contribution is -1.85. The minimum atomic E-state index is 0.880. The molecule has 0 radical (unpaired) electrons. The Bertz CT molecular complexity index is 978. The number of nitrogens with one attached hydrogen (secondary N) is 2. The number of hydrogen-bond acceptors (Lipinski definition) is 2. The largest absolute Gasteiger partial charge is 0.341 e. The zero-order valence-corrected chi connectivity index (χ0v) is 13.2. The minimum Gasteiger partial charge on any atom is -0.341 e. The van der Waals surface area contributed by atoms with E-state index in [0.717, 1.165) is 45.7 Å². The average molecular weight is 302 g/mol. The van der Waals surface area contributed by atoms with Crippen molar-refractivity contribution in [2.75, 3.05) is 0 Å². The molecule has 0 aliphatic rings. The Morgan fingerprint density at radius 2 is 1.96 bits per heavy atom. The Morgan fingerprint density at radius 3 is 2.78 bits per heavy atom. The van der Waals surface area contributed by atoms with E-state index >= 15 is 0 Å². The first-order valence-corrected chi connectivity index (χ1v) is 7.84. The van der Waals surface area contributed by atoms with Gasteiger partial charge in [-0.2, -0.15) is 5.10 Å². The summed E-state index contributed by atoms with van der Waals surface area (Å²) in [6, 6.07) is 14.8. The molecule has 4 heteroatoms. The maximum absolute atomic E-state index is 4.80. The van der Waals surface area contributed by atoms with Crippen LogP contribution in [-0.4, -0.2) is 20.2 Å². The topological polar surface area (TPSA) is 57.4 Å². The van der Waals surface area contributed by atoms with Crippen LogP contribution in [0.3, 0.4) is 0 Å². The first-order valence-electron chi connectivity index (χ1n) is 7.84. The number of fused-ring (bicyclic) bond motifs is 1. The molecule has 0 spiro atoms. The average Bonchev–Trinajstić information content (AvgIpc) is 3.20. The van der Waals surface area contributed by atoms with E-state index in [-0.39, 0.29) is 0 Å². The lowest BCUT2D eigenvalue weighted by molar-refractivity contribution is 0.992. The summed E-state index contributed by atoms with van der Waals surface area (Å²) < 4.78 is 0. The third-order valence-corrected chi connectivity index (χ3v) is 4.11. The fraction of sp³-hybridized carbons (Fsp3) is 0.158. The monoisotopic (exact) mass is 302 g/mol. The van der Waals surface area contributed by atoms with Crippen LogP contribution in [0, 0.1) is 6.92 Å². The minimum absolute atomic E-state index is 0.880. The molecule has 0 amide bonds. The van der Waals surface area contributed by atoms with Gasteiger partial charge in [-0.1, -0.05) is 42.8 Å². The molecule has 0 saturated carbocycles. The van der Waals surface area contributed by atoms with Gasteiger partial charge in [0.2, 0.25) is 0 Å². The van der Waals surface area contributed by atoms with Crippen LogP contribution < -0.4 is 0 Å². The van der Waals surface area contributed by atoms with E-state index in [4.69, 9.17) is 4.98 Å². The van der Waals surface area contributed by atoms with Gasteiger partial charge < -0.3 is 4.98 Å². The second-order valence-electron chi connectivity index (χ2n) is 5.80. The first-order chi connectivity index (χ1) is 11.2. The molecule has 0 unspecified atom stereocenters. The normalized spacial score (nSPS) is 11.2. The third kappa shape index (κ3) is 2.42. The number of aromatic nitrogens is 4. The molecular weight excluding hydrogens is 284 g/mol. The summed E-state index contributed by atoms with van der Waals surface area (Å²) >= 11 is 0. The number of aromatic amines is 2. The Hall–Kier alpha value is -2.88. The lowest BCUT2D eigenvalue weighted by atomic mass is 10.0. The maximum Gasteiger partial charge on any atom is 0.106 e. The maximum atomic E-state index is 4.80. The predicted molar refractivity (Wildman–Crippen MR) is 93.2 cm³/mol. The van der Waals surface area contributed by atoms with Crippen LogP contribution in [0.25, 0.3) is 33.4 Å². The third-order valence-electron chi connectivity index (χ3n) is 4.11. The summed E-state index contributed by atoms with van der Waals surface area (Å²) in [7, 11) is 0. The van der Waals surface area contributed by atoms with E-state index in [1.165, 1.54) is 5.56 Å². The molecule has 0 atom stereocenters. The standard InChI is InChI=1S/C19H18N4/c1-3-17-21-18(13-6-4-5-12(2)9-13)19(22-17)14-7-8-15-11-20-23-16(15)10-14/h4-11H,3H2,1-2H3,(H,20,23)(H,21,22). The van der Waals surface area contributed by atoms with E-state index in [1.807, 2.05) is 6.20 Å². The molecule has 4 aromatic rings. The van der Waals surface area contributed by atoms with E-state index in [2.05, 4.69) is 71.5 Å². The molecule has 4 nitrogen and oxygen atoms in total. The molecule has 2 aromatic carbocycles. The molecule has 2 aromatic heterocycles. The smallest absolute Gasteiger partial charge is 0.106 e. The van der Waals surface area contributed by atoms with Crippen molar-refractivity contribution in [1.82, 2.24) is 20.2 Å². The Morgan fingerprint density at radius 1 is 1.04 bits per heavy atom. The summed E-state index contributed by atoms with van der Waals surface area (Å²) in [6.45, 7) is 4.22. The molecule has 0 fully saturated rings. The van der Waals surface area contributed by atoms with Gasteiger partial charge in [0.05, 0.1) is 23.1 Å². The molecule has 2 heterocycles. The Kier molecular flexibility index (Phi) is 3.23. The summed E-state index contributed by atoms with van der Waals surface area (Å²) in [5.41, 5.74) is 6.59. The van der Waals surface area contributed by atoms with Crippen LogP contribution in [0.5, 0.6) is 0 Å². The van der Waals surface area contributed by atoms with Crippen LogP contribution >= 0.6 is 0 Å². The molecule has 4 rings (SSSR count). The van der Waals surface area contributed by atoms with Crippen LogP contribution in [0.4, 0.5) is 0 Å². The predicted octanol–water partition coefficient (Wildman–Crippen LogP) is 4.49. The van der Waals surface area contributed by atoms with Gasteiger partial charge in [-0.3, -0.25) is 5.10 Å². The number of hydrogen-bond donors (Lipinski definition) is 2. The van der Waals surface area contributed by atoms with E-state index < -0.39 is 0 Å². The summed E-state index contributed by atoms with van der Waals surface area (Å²) in [5, 5.41) is 8.25. The molecule has 0 saturated heterocycles. The van der Waals surface area contributed by atoms with Gasteiger partial charge in [0.25, 0.3) is 0 Å². The molecule has 0 aliphatic carbocycles. The fourth-order valence-corrected chi connectivity index (χ4v) is 2.89. The van der Waals surface area contributed by atoms with Gasteiger partial charge in [-0.15, -0.1) is 0 Å². The summed E-state index contributed by atoms with van der Waals surface area (Å²) in [4.78, 5) is 8.28. The van der Waals surface area contributed by atoms with Crippen molar-refractivity contribution in [1.29, 1.82) is 0 Å². The second-order valence-corrected chi connectivity index (χ2v) is 5.80. The number of imidazole rings is 1. The highest BCUT2D eigenvalue weighted by Gasteiger charge is 2.14. The van der Waals surface area contributed by atoms with Crippen molar-refractivity contribution in [3.63, 3.8) is 0 Å². The fourth-order valence-electron chi connectivity index (χ4n) is 2.89. The Balaban J connectivity index is 1.91. The van der Waals surface area contributed by atoms with Gasteiger partial charge in [-0.05, 0) is 19.1 Å². The number of aryl methyl sites for hydroxylation is 2. The Labute approximate surface area is 134 Å². The van der Waals surface area contributed by atoms with Crippen molar-refractivity contribution in [3.8, 4) is 22.5 Å². The molecular formula is C19H18N4. The van der Waals surface area contributed by atoms with E-state index in [1.54, 1.807) is 0 Å². The van der Waals surface area contributed by atoms with Gasteiger partial charge >= 0.3 is 0 Å². The quantitative estimate of drug-likeness (QED) is 0.586. The van der Waals surface area contributed by atoms with Gasteiger partial charge in [0.1, 0.15) is 5.82 Å². The summed E-state index contributed by atoms with van der Waals surface area (Å²) in [5.74, 6) is 1.00. The SMILES string of the molecule is CCc1nc(-c2cccc(C)c2)c(-c2ccc3cn[nH]c3c2)[nH]1. The molecule has 2 N–H and O–H groups in total. The van der Waals surface area contributed by atoms with Crippen molar-refractivity contribution < 1.29 is 0 Å². The number of rotatable bonds is 3. The number of benzene rings is 2. The lowest BCUT2D eigenvalue weighted by Gasteiger charge is -2.04. The van der Waals surface area contributed by atoms with Crippen LogP contribution in [0.2, 0.25) is 0 Å². The second kappa shape index (κ2) is 5.39. The van der Waals surface area contributed by atoms with Gasteiger partial charge in [0.15, 0.2) is 0 Å². The van der Waals surface area contributed by atoms with Gasteiger partial charge in [-0.25, -0.2) is 4.98 Å². The summed E-state index contributed by atoms with van der Waals surface area (Å²) in [6.07, 6.45) is 2.72. The van der Waals surface area contributed by atoms with Crippen LogP contribution in [-0.2, 0) is 6.42 Å². The van der Waals surface area contributed by atoms with Crippen LogP contribution in [0.15, 0.2) is 48.7 Å². The van der Waals surface area contributed by atoms with E-state index in [0.29, 0.717) is 0 Å². The molecule has 0 bridgehead atoms. The highest BCUT2D eigenvalue weighted by atomic mass is 15.1. The first kappa shape index (κ1) is 13.8. The zero-order chi connectivity index (χ0) is 15.8. The van der Waals surface area contributed by atoms with Crippen molar-refractivity contribution in [2.24, 2.45) is 0 Å². The highest BCUT2D eigenvalue weighted by molar-refractivity contribution is 5.87. The van der Waals surface area contributed by atoms with E-state index in [9.17, 15) is 0 Å². The zero-order valence-electron chi connectivity index (χ0n) is 13.2. The van der Waals surface area contributed by atoms with Crippen LogP contribution in [0.1, 0.15) is 18.3 Å². The van der Waals surface area contributed by atoms with Crippen molar-refractivity contribution in [3.05, 3.63) is 60.0 Å². The molecule has 23 heavy (non-hydrogen) atoms. The number of nitrogens with zero attached hydrogens (tertiary/aromatic N) is 2. The molecule has 114 valence electrons.